The number of furan rings is 1. The van der Waals surface area contributed by atoms with Gasteiger partial charge in [-0.3, -0.25) is 14.3 Å². The Morgan fingerprint density at radius 3 is 2.58 bits per heavy atom. The van der Waals surface area contributed by atoms with Crippen LogP contribution in [0.4, 0.5) is 0 Å². The number of nitrogens with one attached hydrogen (secondary N) is 1. The third kappa shape index (κ3) is 5.18. The second-order valence-electron chi connectivity index (χ2n) is 8.12. The van der Waals surface area contributed by atoms with Gasteiger partial charge in [-0.05, 0) is 32.0 Å². The molecule has 0 saturated heterocycles. The first-order valence-corrected chi connectivity index (χ1v) is 11.3. The van der Waals surface area contributed by atoms with E-state index in [2.05, 4.69) is 27.1 Å². The van der Waals surface area contributed by atoms with Gasteiger partial charge in [-0.15, -0.1) is 0 Å². The number of hydrogen-bond acceptors (Lipinski definition) is 7. The van der Waals surface area contributed by atoms with Gasteiger partial charge < -0.3 is 9.73 Å². The zero-order valence-corrected chi connectivity index (χ0v) is 19.4. The van der Waals surface area contributed by atoms with Gasteiger partial charge >= 0.3 is 0 Å². The van der Waals surface area contributed by atoms with Crippen LogP contribution in [0.25, 0.3) is 11.1 Å². The quantitative estimate of drug-likeness (QED) is 0.400. The van der Waals surface area contributed by atoms with E-state index in [0.717, 1.165) is 36.5 Å². The predicted molar refractivity (Wildman–Crippen MR) is 128 cm³/mol. The highest BCUT2D eigenvalue weighted by Gasteiger charge is 2.26. The zero-order valence-electron chi connectivity index (χ0n) is 19.4. The molecule has 0 aliphatic rings. The standard InChI is InChI=1S/C25H30N6O2/c1-4-22(30(12-11-26-3)16-20-14-27-18(2)28-15-20)23-29-24-21(10-13-33-24)25(32)31(23)17-19-8-6-5-7-9-19/h5-10,13-15,22,26H,4,11-12,16-17H2,1-3H3. The van der Waals surface area contributed by atoms with Crippen LogP contribution in [0.2, 0.25) is 0 Å². The summed E-state index contributed by atoms with van der Waals surface area (Å²) in [5, 5.41) is 3.73. The Labute approximate surface area is 193 Å². The maximum atomic E-state index is 13.5. The summed E-state index contributed by atoms with van der Waals surface area (Å²) in [6.07, 6.45) is 6.03. The van der Waals surface area contributed by atoms with E-state index in [9.17, 15) is 4.79 Å². The SMILES string of the molecule is CCC(c1nc2occc2c(=O)n1Cc1ccccc1)N(CCNC)Cc1cnc(C)nc1. The molecule has 4 rings (SSSR count). The van der Waals surface area contributed by atoms with Gasteiger partial charge in [0.25, 0.3) is 5.56 Å². The molecule has 1 N–H and O–H groups in total. The lowest BCUT2D eigenvalue weighted by molar-refractivity contribution is 0.172. The van der Waals surface area contributed by atoms with Crippen molar-refractivity contribution in [1.29, 1.82) is 0 Å². The molecule has 0 spiro atoms. The molecule has 1 aromatic carbocycles. The molecule has 1 unspecified atom stereocenters. The minimum Gasteiger partial charge on any atom is -0.446 e. The third-order valence-electron chi connectivity index (χ3n) is 5.79. The van der Waals surface area contributed by atoms with Crippen LogP contribution in [0.5, 0.6) is 0 Å². The molecule has 172 valence electrons. The molecular weight excluding hydrogens is 416 g/mol. The maximum Gasteiger partial charge on any atom is 0.265 e. The lowest BCUT2D eigenvalue weighted by atomic mass is 10.1. The molecule has 1 atom stereocenters. The van der Waals surface area contributed by atoms with Gasteiger partial charge in [-0.25, -0.2) is 9.97 Å². The highest BCUT2D eigenvalue weighted by atomic mass is 16.3. The molecule has 8 heteroatoms. The summed E-state index contributed by atoms with van der Waals surface area (Å²) < 4.78 is 7.35. The summed E-state index contributed by atoms with van der Waals surface area (Å²) in [5.74, 6) is 1.45. The van der Waals surface area contributed by atoms with E-state index in [-0.39, 0.29) is 11.6 Å². The Morgan fingerprint density at radius 2 is 1.88 bits per heavy atom. The van der Waals surface area contributed by atoms with Crippen molar-refractivity contribution in [3.63, 3.8) is 0 Å². The van der Waals surface area contributed by atoms with Crippen molar-refractivity contribution in [3.05, 3.63) is 88.2 Å². The first-order valence-electron chi connectivity index (χ1n) is 11.3. The number of aryl methyl sites for hydroxylation is 1. The van der Waals surface area contributed by atoms with Crippen LogP contribution in [0.15, 0.2) is 64.3 Å². The molecule has 3 heterocycles. The lowest BCUT2D eigenvalue weighted by Crippen LogP contribution is -2.38. The van der Waals surface area contributed by atoms with Crippen LogP contribution in [0.1, 0.15) is 42.2 Å². The van der Waals surface area contributed by atoms with Crippen molar-refractivity contribution < 1.29 is 4.42 Å². The van der Waals surface area contributed by atoms with Crippen molar-refractivity contribution in [1.82, 2.24) is 29.7 Å². The number of likely N-dealkylation sites (N-methyl/N-ethyl adjacent to an activating group) is 1. The van der Waals surface area contributed by atoms with Crippen molar-refractivity contribution in [3.8, 4) is 0 Å². The van der Waals surface area contributed by atoms with Crippen LogP contribution in [-0.4, -0.2) is 44.6 Å². The Bertz CT molecular complexity index is 1230. The summed E-state index contributed by atoms with van der Waals surface area (Å²) in [4.78, 5) is 29.4. The first-order chi connectivity index (χ1) is 16.1. The number of fused-ring (bicyclic) bond motifs is 1. The van der Waals surface area contributed by atoms with E-state index in [1.54, 1.807) is 10.6 Å². The Morgan fingerprint density at radius 1 is 1.12 bits per heavy atom. The molecule has 0 aliphatic heterocycles. The first kappa shape index (κ1) is 22.8. The predicted octanol–water partition coefficient (Wildman–Crippen LogP) is 3.31. The minimum absolute atomic E-state index is 0.0849. The number of benzene rings is 1. The van der Waals surface area contributed by atoms with Gasteiger partial charge in [0, 0.05) is 37.6 Å². The summed E-state index contributed by atoms with van der Waals surface area (Å²) in [7, 11) is 1.94. The van der Waals surface area contributed by atoms with Crippen LogP contribution < -0.4 is 10.9 Å². The minimum atomic E-state index is -0.0921. The van der Waals surface area contributed by atoms with Crippen LogP contribution in [0, 0.1) is 6.92 Å². The molecule has 3 aromatic heterocycles. The average Bonchev–Trinajstić information content (AvgIpc) is 3.31. The highest BCUT2D eigenvalue weighted by Crippen LogP contribution is 2.26. The van der Waals surface area contributed by atoms with Gasteiger partial charge in [0.1, 0.15) is 17.0 Å². The third-order valence-corrected chi connectivity index (χ3v) is 5.79. The molecule has 0 saturated carbocycles. The normalized spacial score (nSPS) is 12.5. The molecular formula is C25H30N6O2. The van der Waals surface area contributed by atoms with E-state index >= 15 is 0 Å². The fourth-order valence-corrected chi connectivity index (χ4v) is 4.08. The summed E-state index contributed by atoms with van der Waals surface area (Å²) in [6, 6.07) is 11.6. The van der Waals surface area contributed by atoms with Crippen molar-refractivity contribution in [2.45, 2.75) is 39.4 Å². The summed E-state index contributed by atoms with van der Waals surface area (Å²) in [6.45, 7) is 6.68. The van der Waals surface area contributed by atoms with Gasteiger partial charge in [-0.1, -0.05) is 37.3 Å². The van der Waals surface area contributed by atoms with E-state index in [4.69, 9.17) is 9.40 Å². The second kappa shape index (κ2) is 10.5. The lowest BCUT2D eigenvalue weighted by Gasteiger charge is -2.32. The second-order valence-corrected chi connectivity index (χ2v) is 8.12. The average molecular weight is 447 g/mol. The summed E-state index contributed by atoms with van der Waals surface area (Å²) in [5.41, 5.74) is 2.36. The molecule has 0 aliphatic carbocycles. The summed E-state index contributed by atoms with van der Waals surface area (Å²) >= 11 is 0. The maximum absolute atomic E-state index is 13.5. The monoisotopic (exact) mass is 446 g/mol. The van der Waals surface area contributed by atoms with Gasteiger partial charge in [0.2, 0.25) is 5.71 Å². The molecule has 4 aromatic rings. The molecule has 0 bridgehead atoms. The van der Waals surface area contributed by atoms with E-state index < -0.39 is 0 Å². The fourth-order valence-electron chi connectivity index (χ4n) is 4.08. The van der Waals surface area contributed by atoms with Gasteiger partial charge in [-0.2, -0.15) is 4.98 Å². The van der Waals surface area contributed by atoms with Gasteiger partial charge in [0.05, 0.1) is 18.8 Å². The molecule has 33 heavy (non-hydrogen) atoms. The number of nitrogens with zero attached hydrogens (tertiary/aromatic N) is 5. The molecule has 0 radical (unpaired) electrons. The smallest absolute Gasteiger partial charge is 0.265 e. The highest BCUT2D eigenvalue weighted by molar-refractivity contribution is 5.71. The number of rotatable bonds is 10. The number of hydrogen-bond donors (Lipinski definition) is 1. The van der Waals surface area contributed by atoms with Crippen LogP contribution >= 0.6 is 0 Å². The van der Waals surface area contributed by atoms with Gasteiger partial charge in [0.15, 0.2) is 0 Å². The van der Waals surface area contributed by atoms with Crippen LogP contribution in [0.3, 0.4) is 0 Å². The largest absolute Gasteiger partial charge is 0.446 e. The Kier molecular flexibility index (Phi) is 7.26. The van der Waals surface area contributed by atoms with Crippen LogP contribution in [-0.2, 0) is 13.1 Å². The molecule has 0 amide bonds. The van der Waals surface area contributed by atoms with Crippen molar-refractivity contribution in [2.75, 3.05) is 20.1 Å². The Hall–Kier alpha value is -3.36. The molecule has 0 fully saturated rings. The zero-order chi connectivity index (χ0) is 23.2. The van der Waals surface area contributed by atoms with E-state index in [1.807, 2.05) is 56.7 Å². The van der Waals surface area contributed by atoms with E-state index in [1.165, 1.54) is 6.26 Å². The fraction of sp³-hybridized carbons (Fsp3) is 0.360. The molecule has 8 nitrogen and oxygen atoms in total. The number of aromatic nitrogens is 4. The van der Waals surface area contributed by atoms with E-state index in [0.29, 0.717) is 30.0 Å². The van der Waals surface area contributed by atoms with Crippen molar-refractivity contribution in [2.24, 2.45) is 0 Å². The topological polar surface area (TPSA) is 89.1 Å². The van der Waals surface area contributed by atoms with Crippen molar-refractivity contribution >= 4 is 11.1 Å². The Balaban J connectivity index is 1.78.